The van der Waals surface area contributed by atoms with Crippen molar-refractivity contribution in [3.05, 3.63) is 12.4 Å². The molecule has 0 spiro atoms. The number of hydrogen-bond donors (Lipinski definition) is 3. The molecule has 6 nitrogen and oxygen atoms in total. The first-order valence-electron chi connectivity index (χ1n) is 6.41. The van der Waals surface area contributed by atoms with Crippen LogP contribution in [0.1, 0.15) is 19.8 Å². The Balaban J connectivity index is 1.93. The maximum atomic E-state index is 5.57. The molecule has 0 saturated carbocycles. The molecule has 100 valence electrons. The summed E-state index contributed by atoms with van der Waals surface area (Å²) in [5, 5.41) is 6.64. The summed E-state index contributed by atoms with van der Waals surface area (Å²) in [7, 11) is 0. The van der Waals surface area contributed by atoms with Gasteiger partial charge in [0.25, 0.3) is 0 Å². The summed E-state index contributed by atoms with van der Waals surface area (Å²) in [6, 6.07) is 2.56. The lowest BCUT2D eigenvalue weighted by molar-refractivity contribution is 0.0904. The van der Waals surface area contributed by atoms with Gasteiger partial charge in [0.2, 0.25) is 0 Å². The molecular formula is C12H21N5O. The van der Waals surface area contributed by atoms with Crippen molar-refractivity contribution >= 4 is 11.6 Å². The molecule has 1 atom stereocenters. The zero-order valence-electron chi connectivity index (χ0n) is 10.7. The minimum Gasteiger partial charge on any atom is -0.381 e. The topological polar surface area (TPSA) is 85.1 Å². The Morgan fingerprint density at radius 2 is 2.11 bits per heavy atom. The maximum absolute atomic E-state index is 5.57. The van der Waals surface area contributed by atoms with Crippen molar-refractivity contribution in [2.45, 2.75) is 31.8 Å². The van der Waals surface area contributed by atoms with Crippen molar-refractivity contribution < 1.29 is 4.74 Å². The van der Waals surface area contributed by atoms with Crippen LogP contribution in [-0.4, -0.2) is 41.8 Å². The van der Waals surface area contributed by atoms with E-state index in [4.69, 9.17) is 10.5 Å². The fraction of sp³-hybridized carbons (Fsp3) is 0.667. The minimum absolute atomic E-state index is 0.204. The van der Waals surface area contributed by atoms with Gasteiger partial charge >= 0.3 is 0 Å². The number of nitrogens with two attached hydrogens (primary N) is 1. The predicted molar refractivity (Wildman–Crippen MR) is 71.6 cm³/mol. The lowest BCUT2D eigenvalue weighted by Gasteiger charge is -2.23. The Bertz CT molecular complexity index is 367. The van der Waals surface area contributed by atoms with Crippen LogP contribution in [0.25, 0.3) is 0 Å². The van der Waals surface area contributed by atoms with Gasteiger partial charge < -0.3 is 21.1 Å². The van der Waals surface area contributed by atoms with Crippen molar-refractivity contribution in [1.82, 2.24) is 9.97 Å². The molecular weight excluding hydrogens is 230 g/mol. The highest BCUT2D eigenvalue weighted by molar-refractivity contribution is 5.47. The molecule has 1 saturated heterocycles. The third-order valence-electron chi connectivity index (χ3n) is 2.99. The lowest BCUT2D eigenvalue weighted by Crippen LogP contribution is -2.28. The van der Waals surface area contributed by atoms with E-state index in [-0.39, 0.29) is 6.04 Å². The molecule has 0 aliphatic carbocycles. The number of nitrogens with zero attached hydrogens (tertiary/aromatic N) is 2. The molecule has 4 N–H and O–H groups in total. The molecule has 1 aliphatic rings. The molecule has 6 heteroatoms. The average molecular weight is 251 g/mol. The summed E-state index contributed by atoms with van der Waals surface area (Å²) in [4.78, 5) is 8.41. The highest BCUT2D eigenvalue weighted by atomic mass is 16.5. The van der Waals surface area contributed by atoms with E-state index in [0.29, 0.717) is 12.6 Å². The van der Waals surface area contributed by atoms with E-state index in [0.717, 1.165) is 37.7 Å². The van der Waals surface area contributed by atoms with Crippen molar-refractivity contribution in [1.29, 1.82) is 0 Å². The smallest absolute Gasteiger partial charge is 0.131 e. The first kappa shape index (κ1) is 13.0. The van der Waals surface area contributed by atoms with E-state index in [9.17, 15) is 0 Å². The van der Waals surface area contributed by atoms with Crippen LogP contribution in [0.3, 0.4) is 0 Å². The van der Waals surface area contributed by atoms with Crippen LogP contribution < -0.4 is 16.4 Å². The highest BCUT2D eigenvalue weighted by Gasteiger charge is 2.14. The number of hydrogen-bond acceptors (Lipinski definition) is 6. The largest absolute Gasteiger partial charge is 0.381 e. The van der Waals surface area contributed by atoms with Gasteiger partial charge in [0.15, 0.2) is 0 Å². The molecule has 1 unspecified atom stereocenters. The first-order chi connectivity index (χ1) is 8.78. The highest BCUT2D eigenvalue weighted by Crippen LogP contribution is 2.15. The van der Waals surface area contributed by atoms with Gasteiger partial charge in [-0.15, -0.1) is 0 Å². The maximum Gasteiger partial charge on any atom is 0.131 e. The molecule has 0 amide bonds. The van der Waals surface area contributed by atoms with Crippen LogP contribution >= 0.6 is 0 Å². The summed E-state index contributed by atoms with van der Waals surface area (Å²) in [6.45, 7) is 4.23. The lowest BCUT2D eigenvalue weighted by atomic mass is 10.1. The molecule has 18 heavy (non-hydrogen) atoms. The Morgan fingerprint density at radius 1 is 1.39 bits per heavy atom. The van der Waals surface area contributed by atoms with E-state index in [1.54, 1.807) is 6.33 Å². The van der Waals surface area contributed by atoms with Crippen molar-refractivity contribution in [2.75, 3.05) is 30.4 Å². The van der Waals surface area contributed by atoms with Gasteiger partial charge in [-0.1, -0.05) is 0 Å². The van der Waals surface area contributed by atoms with E-state index >= 15 is 0 Å². The van der Waals surface area contributed by atoms with Crippen LogP contribution in [-0.2, 0) is 4.74 Å². The Labute approximate surface area is 107 Å². The first-order valence-corrected chi connectivity index (χ1v) is 6.41. The summed E-state index contributed by atoms with van der Waals surface area (Å²) in [5.74, 6) is 1.65. The summed E-state index contributed by atoms with van der Waals surface area (Å²) < 4.78 is 5.33. The van der Waals surface area contributed by atoms with E-state index in [1.807, 2.05) is 13.0 Å². The SMILES string of the molecule is CC(CN)Nc1cc(NC2CCOCC2)ncn1. The van der Waals surface area contributed by atoms with Crippen LogP contribution in [0, 0.1) is 0 Å². The molecule has 0 bridgehead atoms. The van der Waals surface area contributed by atoms with E-state index < -0.39 is 0 Å². The fourth-order valence-corrected chi connectivity index (χ4v) is 1.88. The van der Waals surface area contributed by atoms with E-state index in [2.05, 4.69) is 20.6 Å². The van der Waals surface area contributed by atoms with Crippen molar-refractivity contribution in [2.24, 2.45) is 5.73 Å². The standard InChI is InChI=1S/C12H21N5O/c1-9(7-13)16-11-6-12(15-8-14-11)17-10-2-4-18-5-3-10/h6,8-10H,2-5,7,13H2,1H3,(H2,14,15,16,17). The zero-order valence-corrected chi connectivity index (χ0v) is 10.7. The minimum atomic E-state index is 0.204. The van der Waals surface area contributed by atoms with Gasteiger partial charge in [0, 0.05) is 37.9 Å². The van der Waals surface area contributed by atoms with Crippen LogP contribution in [0.4, 0.5) is 11.6 Å². The molecule has 1 aromatic rings. The third-order valence-corrected chi connectivity index (χ3v) is 2.99. The number of rotatable bonds is 5. The second-order valence-corrected chi connectivity index (χ2v) is 4.60. The Morgan fingerprint density at radius 3 is 2.83 bits per heavy atom. The summed E-state index contributed by atoms with van der Waals surface area (Å²) in [5.41, 5.74) is 5.57. The average Bonchev–Trinajstić information content (AvgIpc) is 2.40. The van der Waals surface area contributed by atoms with Crippen LogP contribution in [0.15, 0.2) is 12.4 Å². The molecule has 1 aliphatic heterocycles. The van der Waals surface area contributed by atoms with Gasteiger partial charge in [0.05, 0.1) is 0 Å². The fourth-order valence-electron chi connectivity index (χ4n) is 1.88. The second kappa shape index (κ2) is 6.51. The van der Waals surface area contributed by atoms with Gasteiger partial charge in [0.1, 0.15) is 18.0 Å². The molecule has 0 aromatic carbocycles. The van der Waals surface area contributed by atoms with Gasteiger partial charge in [-0.25, -0.2) is 9.97 Å². The Kier molecular flexibility index (Phi) is 4.72. The second-order valence-electron chi connectivity index (χ2n) is 4.60. The number of ether oxygens (including phenoxy) is 1. The zero-order chi connectivity index (χ0) is 12.8. The third kappa shape index (κ3) is 3.82. The van der Waals surface area contributed by atoms with E-state index in [1.165, 1.54) is 0 Å². The number of aromatic nitrogens is 2. The summed E-state index contributed by atoms with van der Waals surface area (Å²) in [6.07, 6.45) is 3.60. The molecule has 1 fully saturated rings. The Hall–Kier alpha value is -1.40. The van der Waals surface area contributed by atoms with Gasteiger partial charge in [-0.3, -0.25) is 0 Å². The number of nitrogens with one attached hydrogen (secondary N) is 2. The molecule has 2 rings (SSSR count). The van der Waals surface area contributed by atoms with Gasteiger partial charge in [-0.2, -0.15) is 0 Å². The van der Waals surface area contributed by atoms with Crippen LogP contribution in [0.2, 0.25) is 0 Å². The normalized spacial score (nSPS) is 18.3. The molecule has 0 radical (unpaired) electrons. The van der Waals surface area contributed by atoms with Gasteiger partial charge in [-0.05, 0) is 19.8 Å². The quantitative estimate of drug-likeness (QED) is 0.718. The molecule has 2 heterocycles. The number of anilines is 2. The van der Waals surface area contributed by atoms with Crippen LogP contribution in [0.5, 0.6) is 0 Å². The summed E-state index contributed by atoms with van der Waals surface area (Å²) >= 11 is 0. The predicted octanol–water partition coefficient (Wildman–Crippen LogP) is 0.827. The molecule has 1 aromatic heterocycles. The monoisotopic (exact) mass is 251 g/mol. The van der Waals surface area contributed by atoms with Crippen molar-refractivity contribution in [3.63, 3.8) is 0 Å². The van der Waals surface area contributed by atoms with Crippen molar-refractivity contribution in [3.8, 4) is 0 Å².